The van der Waals surface area contributed by atoms with Crippen molar-refractivity contribution in [2.45, 2.75) is 24.3 Å². The third-order valence-electron chi connectivity index (χ3n) is 4.59. The van der Waals surface area contributed by atoms with E-state index in [1.807, 2.05) is 30.3 Å². The zero-order valence-corrected chi connectivity index (χ0v) is 17.4. The summed E-state index contributed by atoms with van der Waals surface area (Å²) in [5.41, 5.74) is 1.89. The fourth-order valence-electron chi connectivity index (χ4n) is 2.80. The average molecular weight is 425 g/mol. The van der Waals surface area contributed by atoms with Gasteiger partial charge in [0.1, 0.15) is 5.76 Å². The molecule has 1 unspecified atom stereocenters. The summed E-state index contributed by atoms with van der Waals surface area (Å²) in [7, 11) is -3.64. The van der Waals surface area contributed by atoms with Crippen LogP contribution in [0.2, 0.25) is 0 Å². The Labute approximate surface area is 176 Å². The van der Waals surface area contributed by atoms with Crippen LogP contribution in [0.1, 0.15) is 29.7 Å². The van der Waals surface area contributed by atoms with Gasteiger partial charge >= 0.3 is 0 Å². The van der Waals surface area contributed by atoms with Crippen molar-refractivity contribution >= 4 is 22.0 Å². The van der Waals surface area contributed by atoms with E-state index in [1.165, 1.54) is 30.0 Å². The lowest BCUT2D eigenvalue weighted by atomic mass is 10.0. The Morgan fingerprint density at radius 2 is 1.77 bits per heavy atom. The van der Waals surface area contributed by atoms with Crippen LogP contribution in [0.25, 0.3) is 6.08 Å². The van der Waals surface area contributed by atoms with Gasteiger partial charge in [0.25, 0.3) is 0 Å². The van der Waals surface area contributed by atoms with E-state index in [0.717, 1.165) is 5.56 Å². The molecule has 156 valence electrons. The highest BCUT2D eigenvalue weighted by molar-refractivity contribution is 7.89. The molecule has 30 heavy (non-hydrogen) atoms. The third-order valence-corrected chi connectivity index (χ3v) is 6.00. The Kier molecular flexibility index (Phi) is 7.21. The van der Waals surface area contributed by atoms with E-state index in [0.29, 0.717) is 12.3 Å². The lowest BCUT2D eigenvalue weighted by Crippen LogP contribution is -2.25. The zero-order chi connectivity index (χ0) is 21.4. The molecule has 7 heteroatoms. The lowest BCUT2D eigenvalue weighted by molar-refractivity contribution is -0.116. The predicted molar refractivity (Wildman–Crippen MR) is 116 cm³/mol. The molecule has 0 spiro atoms. The van der Waals surface area contributed by atoms with Gasteiger partial charge in [-0.3, -0.25) is 4.79 Å². The number of carbonyl (C=O) groups excluding carboxylic acids is 1. The summed E-state index contributed by atoms with van der Waals surface area (Å²) in [6.45, 7) is 2.67. The van der Waals surface area contributed by atoms with Crippen LogP contribution in [0.5, 0.6) is 0 Å². The highest BCUT2D eigenvalue weighted by Gasteiger charge is 2.14. The van der Waals surface area contributed by atoms with Gasteiger partial charge in [-0.15, -0.1) is 0 Å². The van der Waals surface area contributed by atoms with Gasteiger partial charge in [0, 0.05) is 12.6 Å². The molecule has 0 saturated carbocycles. The normalized spacial score (nSPS) is 12.7. The van der Waals surface area contributed by atoms with Crippen LogP contribution in [-0.2, 0) is 21.4 Å². The molecule has 2 aromatic carbocycles. The molecule has 1 aromatic heterocycles. The second-order valence-electron chi connectivity index (χ2n) is 6.86. The van der Waals surface area contributed by atoms with Crippen LogP contribution in [0.3, 0.4) is 0 Å². The average Bonchev–Trinajstić information content (AvgIpc) is 3.29. The maximum absolute atomic E-state index is 12.3. The van der Waals surface area contributed by atoms with Crippen molar-refractivity contribution < 1.29 is 17.6 Å². The van der Waals surface area contributed by atoms with Crippen molar-refractivity contribution in [2.24, 2.45) is 0 Å². The van der Waals surface area contributed by atoms with Crippen molar-refractivity contribution in [3.05, 3.63) is 96.0 Å². The zero-order valence-electron chi connectivity index (χ0n) is 16.6. The summed E-state index contributed by atoms with van der Waals surface area (Å²) in [6, 6.07) is 19.7. The minimum atomic E-state index is -3.64. The molecule has 0 radical (unpaired) electrons. The van der Waals surface area contributed by atoms with Gasteiger partial charge in [-0.1, -0.05) is 49.4 Å². The summed E-state index contributed by atoms with van der Waals surface area (Å²) in [4.78, 5) is 12.2. The Hall–Kier alpha value is -3.16. The summed E-state index contributed by atoms with van der Waals surface area (Å²) in [6.07, 6.45) is 4.58. The van der Waals surface area contributed by atoms with Crippen LogP contribution in [0.15, 0.2) is 88.4 Å². The topological polar surface area (TPSA) is 88.4 Å². The van der Waals surface area contributed by atoms with Gasteiger partial charge < -0.3 is 9.73 Å². The van der Waals surface area contributed by atoms with Crippen LogP contribution in [0.4, 0.5) is 0 Å². The molecule has 6 nitrogen and oxygen atoms in total. The van der Waals surface area contributed by atoms with E-state index in [4.69, 9.17) is 4.42 Å². The molecule has 2 N–H and O–H groups in total. The van der Waals surface area contributed by atoms with Gasteiger partial charge in [-0.05, 0) is 47.4 Å². The van der Waals surface area contributed by atoms with Crippen molar-refractivity contribution in [3.63, 3.8) is 0 Å². The Morgan fingerprint density at radius 1 is 1.03 bits per heavy atom. The SMILES string of the molecule is CC(CNC(=O)/C=C/c1ccc(S(=O)(=O)NCc2ccco2)cc1)c1ccccc1. The molecule has 1 atom stereocenters. The van der Waals surface area contributed by atoms with Gasteiger partial charge in [0.15, 0.2) is 0 Å². The highest BCUT2D eigenvalue weighted by atomic mass is 32.2. The van der Waals surface area contributed by atoms with Gasteiger partial charge in [-0.25, -0.2) is 13.1 Å². The largest absolute Gasteiger partial charge is 0.468 e. The Bertz CT molecular complexity index is 1070. The van der Waals surface area contributed by atoms with E-state index in [-0.39, 0.29) is 23.3 Å². The lowest BCUT2D eigenvalue weighted by Gasteiger charge is -2.11. The van der Waals surface area contributed by atoms with E-state index in [9.17, 15) is 13.2 Å². The fourth-order valence-corrected chi connectivity index (χ4v) is 3.80. The summed E-state index contributed by atoms with van der Waals surface area (Å²) < 4.78 is 32.3. The predicted octanol–water partition coefficient (Wildman–Crippen LogP) is 3.69. The van der Waals surface area contributed by atoms with Crippen LogP contribution < -0.4 is 10.0 Å². The first-order valence-electron chi connectivity index (χ1n) is 9.57. The van der Waals surface area contributed by atoms with Crippen molar-refractivity contribution in [3.8, 4) is 0 Å². The molecule has 0 aliphatic heterocycles. The van der Waals surface area contributed by atoms with E-state index >= 15 is 0 Å². The minimum Gasteiger partial charge on any atom is -0.468 e. The number of benzene rings is 2. The quantitative estimate of drug-likeness (QED) is 0.513. The molecule has 1 heterocycles. The van der Waals surface area contributed by atoms with Gasteiger partial charge in [-0.2, -0.15) is 0 Å². The number of amides is 1. The molecule has 0 fully saturated rings. The molecule has 3 rings (SSSR count). The Balaban J connectivity index is 1.51. The van der Waals surface area contributed by atoms with Crippen LogP contribution >= 0.6 is 0 Å². The number of nitrogens with one attached hydrogen (secondary N) is 2. The van der Waals surface area contributed by atoms with Crippen LogP contribution in [0, 0.1) is 0 Å². The standard InChI is InChI=1S/C23H24N2O4S/c1-18(20-6-3-2-4-7-20)16-24-23(26)14-11-19-9-12-22(13-10-19)30(27,28)25-17-21-8-5-15-29-21/h2-15,18,25H,16-17H2,1H3,(H,24,26)/b14-11+. The molecule has 0 aliphatic rings. The highest BCUT2D eigenvalue weighted by Crippen LogP contribution is 2.14. The molecule has 0 bridgehead atoms. The smallest absolute Gasteiger partial charge is 0.244 e. The number of furan rings is 1. The summed E-state index contributed by atoms with van der Waals surface area (Å²) in [5.74, 6) is 0.544. The first kappa shape index (κ1) is 21.5. The molecular formula is C23H24N2O4S. The molecule has 0 saturated heterocycles. The molecular weight excluding hydrogens is 400 g/mol. The molecule has 0 aliphatic carbocycles. The second kappa shape index (κ2) is 10.0. The van der Waals surface area contributed by atoms with Crippen molar-refractivity contribution in [1.29, 1.82) is 0 Å². The van der Waals surface area contributed by atoms with E-state index < -0.39 is 10.0 Å². The number of carbonyl (C=O) groups is 1. The fraction of sp³-hybridized carbons (Fsp3) is 0.174. The summed E-state index contributed by atoms with van der Waals surface area (Å²) in [5, 5.41) is 2.88. The first-order valence-corrected chi connectivity index (χ1v) is 11.1. The number of sulfonamides is 1. The number of hydrogen-bond donors (Lipinski definition) is 2. The van der Waals surface area contributed by atoms with Crippen molar-refractivity contribution in [1.82, 2.24) is 10.0 Å². The second-order valence-corrected chi connectivity index (χ2v) is 8.63. The van der Waals surface area contributed by atoms with Crippen molar-refractivity contribution in [2.75, 3.05) is 6.54 Å². The van der Waals surface area contributed by atoms with Gasteiger partial charge in [0.05, 0.1) is 17.7 Å². The molecule has 3 aromatic rings. The Morgan fingerprint density at radius 3 is 2.43 bits per heavy atom. The number of rotatable bonds is 9. The number of hydrogen-bond acceptors (Lipinski definition) is 4. The first-order chi connectivity index (χ1) is 14.4. The van der Waals surface area contributed by atoms with E-state index in [1.54, 1.807) is 30.3 Å². The maximum atomic E-state index is 12.3. The van der Waals surface area contributed by atoms with Crippen LogP contribution in [-0.4, -0.2) is 20.9 Å². The minimum absolute atomic E-state index is 0.0819. The van der Waals surface area contributed by atoms with Gasteiger partial charge in [0.2, 0.25) is 15.9 Å². The third kappa shape index (κ3) is 6.17. The summed E-state index contributed by atoms with van der Waals surface area (Å²) >= 11 is 0. The monoisotopic (exact) mass is 424 g/mol. The van der Waals surface area contributed by atoms with E-state index in [2.05, 4.69) is 17.0 Å². The maximum Gasteiger partial charge on any atom is 0.244 e. The molecule has 1 amide bonds.